The normalized spacial score (nSPS) is 20.8. The van der Waals surface area contributed by atoms with Crippen LogP contribution in [0.3, 0.4) is 0 Å². The number of nitrogens with zero attached hydrogens (tertiary/aromatic N) is 2. The van der Waals surface area contributed by atoms with Crippen LogP contribution in [0.15, 0.2) is 24.3 Å². The molecule has 0 aliphatic carbocycles. The van der Waals surface area contributed by atoms with Gasteiger partial charge in [-0.05, 0) is 25.3 Å². The van der Waals surface area contributed by atoms with E-state index in [1.54, 1.807) is 18.2 Å². The van der Waals surface area contributed by atoms with Gasteiger partial charge < -0.3 is 4.90 Å². The zero-order valence-electron chi connectivity index (χ0n) is 8.80. The number of alkyl halides is 1. The minimum atomic E-state index is -1.10. The molecule has 2 rings (SSSR count). The molecule has 0 saturated carbocycles. The number of nitro benzene ring substituents is 1. The van der Waals surface area contributed by atoms with Gasteiger partial charge >= 0.3 is 0 Å². The Hall–Kier alpha value is -1.65. The van der Waals surface area contributed by atoms with E-state index in [9.17, 15) is 14.5 Å². The van der Waals surface area contributed by atoms with Crippen molar-refractivity contribution in [3.63, 3.8) is 0 Å². The van der Waals surface area contributed by atoms with Crippen LogP contribution in [0.1, 0.15) is 19.3 Å². The maximum atomic E-state index is 13.7. The summed E-state index contributed by atoms with van der Waals surface area (Å²) in [5.41, 5.74) is 0.367. The third-order valence-electron chi connectivity index (χ3n) is 2.82. The van der Waals surface area contributed by atoms with E-state index in [2.05, 4.69) is 0 Å². The van der Waals surface area contributed by atoms with Gasteiger partial charge in [-0.1, -0.05) is 12.1 Å². The molecule has 1 aliphatic heterocycles. The number of piperidine rings is 1. The summed E-state index contributed by atoms with van der Waals surface area (Å²) in [6.45, 7) is 0.548. The predicted molar refractivity (Wildman–Crippen MR) is 59.2 cm³/mol. The van der Waals surface area contributed by atoms with Crippen molar-refractivity contribution in [3.05, 3.63) is 34.4 Å². The van der Waals surface area contributed by atoms with E-state index in [0.29, 0.717) is 18.7 Å². The lowest BCUT2D eigenvalue weighted by atomic mass is 10.1. The number of anilines is 1. The Bertz CT molecular complexity index is 397. The molecule has 0 amide bonds. The standard InChI is InChI=1S/C11H13FN2O2/c12-11-7-3-4-8-13(11)9-5-1-2-6-10(9)14(15)16/h1-2,5-6,11H,3-4,7-8H2. The molecule has 1 atom stereocenters. The predicted octanol–water partition coefficient (Wildman–Crippen LogP) is 2.88. The summed E-state index contributed by atoms with van der Waals surface area (Å²) in [6.07, 6.45) is 1.08. The van der Waals surface area contributed by atoms with Gasteiger partial charge in [-0.15, -0.1) is 0 Å². The second-order valence-corrected chi connectivity index (χ2v) is 3.87. The van der Waals surface area contributed by atoms with E-state index in [0.717, 1.165) is 12.8 Å². The smallest absolute Gasteiger partial charge is 0.292 e. The van der Waals surface area contributed by atoms with E-state index in [1.165, 1.54) is 11.0 Å². The van der Waals surface area contributed by atoms with Crippen LogP contribution in [0.4, 0.5) is 15.8 Å². The second-order valence-electron chi connectivity index (χ2n) is 3.87. The van der Waals surface area contributed by atoms with Crippen LogP contribution < -0.4 is 4.90 Å². The molecule has 0 radical (unpaired) electrons. The van der Waals surface area contributed by atoms with Crippen molar-refractivity contribution in [1.29, 1.82) is 0 Å². The van der Waals surface area contributed by atoms with Crippen LogP contribution in [0.25, 0.3) is 0 Å². The first-order valence-corrected chi connectivity index (χ1v) is 5.34. The number of halogens is 1. The molecule has 0 bridgehead atoms. The number of nitro groups is 1. The van der Waals surface area contributed by atoms with Crippen molar-refractivity contribution in [1.82, 2.24) is 0 Å². The molecule has 1 aromatic carbocycles. The van der Waals surface area contributed by atoms with Gasteiger partial charge in [0.15, 0.2) is 6.30 Å². The van der Waals surface area contributed by atoms with Crippen molar-refractivity contribution >= 4 is 11.4 Å². The minimum Gasteiger partial charge on any atom is -0.336 e. The Morgan fingerprint density at radius 2 is 2.12 bits per heavy atom. The van der Waals surface area contributed by atoms with Gasteiger partial charge in [0.25, 0.3) is 5.69 Å². The molecule has 4 nitrogen and oxygen atoms in total. The lowest BCUT2D eigenvalue weighted by Gasteiger charge is -2.31. The molecular weight excluding hydrogens is 211 g/mol. The molecule has 1 aliphatic rings. The minimum absolute atomic E-state index is 0.0212. The molecule has 1 saturated heterocycles. The van der Waals surface area contributed by atoms with Crippen molar-refractivity contribution in [2.75, 3.05) is 11.4 Å². The van der Waals surface area contributed by atoms with Crippen LogP contribution in [0, 0.1) is 10.1 Å². The fourth-order valence-electron chi connectivity index (χ4n) is 2.02. The Morgan fingerprint density at radius 1 is 1.38 bits per heavy atom. The summed E-state index contributed by atoms with van der Waals surface area (Å²) in [7, 11) is 0. The largest absolute Gasteiger partial charge is 0.336 e. The molecular formula is C11H13FN2O2. The van der Waals surface area contributed by atoms with E-state index in [4.69, 9.17) is 0 Å². The van der Waals surface area contributed by atoms with Crippen molar-refractivity contribution in [2.24, 2.45) is 0 Å². The fraction of sp³-hybridized carbons (Fsp3) is 0.455. The van der Waals surface area contributed by atoms with Crippen LogP contribution >= 0.6 is 0 Å². The first kappa shape index (κ1) is 10.9. The molecule has 86 valence electrons. The van der Waals surface area contributed by atoms with Crippen molar-refractivity contribution in [2.45, 2.75) is 25.6 Å². The molecule has 1 unspecified atom stereocenters. The first-order valence-electron chi connectivity index (χ1n) is 5.34. The zero-order valence-corrected chi connectivity index (χ0v) is 8.80. The van der Waals surface area contributed by atoms with Gasteiger partial charge in [-0.2, -0.15) is 0 Å². The molecule has 0 N–H and O–H groups in total. The number of rotatable bonds is 2. The second kappa shape index (κ2) is 4.47. The summed E-state index contributed by atoms with van der Waals surface area (Å²) in [4.78, 5) is 11.9. The molecule has 0 aromatic heterocycles. The van der Waals surface area contributed by atoms with E-state index in [-0.39, 0.29) is 5.69 Å². The molecule has 0 spiro atoms. The maximum Gasteiger partial charge on any atom is 0.292 e. The number of para-hydroxylation sites is 2. The quantitative estimate of drug-likeness (QED) is 0.441. The molecule has 1 aromatic rings. The van der Waals surface area contributed by atoms with Crippen molar-refractivity contribution in [3.8, 4) is 0 Å². The molecule has 1 heterocycles. The summed E-state index contributed by atoms with van der Waals surface area (Å²) < 4.78 is 13.7. The van der Waals surface area contributed by atoms with Gasteiger partial charge in [-0.25, -0.2) is 4.39 Å². The summed E-state index contributed by atoms with van der Waals surface area (Å²) in [5, 5.41) is 10.8. The highest BCUT2D eigenvalue weighted by molar-refractivity contribution is 5.63. The third kappa shape index (κ3) is 1.98. The Kier molecular flexibility index (Phi) is 3.03. The Balaban J connectivity index is 2.34. The summed E-state index contributed by atoms with van der Waals surface area (Å²) >= 11 is 0. The number of hydrogen-bond donors (Lipinski definition) is 0. The Labute approximate surface area is 92.8 Å². The number of hydrogen-bond acceptors (Lipinski definition) is 3. The van der Waals surface area contributed by atoms with Crippen molar-refractivity contribution < 1.29 is 9.31 Å². The summed E-state index contributed by atoms with van der Waals surface area (Å²) in [5.74, 6) is 0. The van der Waals surface area contributed by atoms with Gasteiger partial charge in [0.2, 0.25) is 0 Å². The zero-order chi connectivity index (χ0) is 11.5. The molecule has 1 fully saturated rings. The maximum absolute atomic E-state index is 13.7. The van der Waals surface area contributed by atoms with Gasteiger partial charge in [-0.3, -0.25) is 10.1 Å². The van der Waals surface area contributed by atoms with Crippen LogP contribution in [0.2, 0.25) is 0 Å². The lowest BCUT2D eigenvalue weighted by molar-refractivity contribution is -0.384. The third-order valence-corrected chi connectivity index (χ3v) is 2.82. The van der Waals surface area contributed by atoms with E-state index >= 15 is 0 Å². The summed E-state index contributed by atoms with van der Waals surface area (Å²) in [6, 6.07) is 6.31. The average molecular weight is 224 g/mol. The van der Waals surface area contributed by atoms with Gasteiger partial charge in [0.05, 0.1) is 4.92 Å². The first-order chi connectivity index (χ1) is 7.70. The topological polar surface area (TPSA) is 46.4 Å². The number of benzene rings is 1. The van der Waals surface area contributed by atoms with E-state index in [1.807, 2.05) is 0 Å². The highest BCUT2D eigenvalue weighted by Gasteiger charge is 2.27. The Morgan fingerprint density at radius 3 is 2.81 bits per heavy atom. The van der Waals surface area contributed by atoms with Crippen LogP contribution in [-0.2, 0) is 0 Å². The van der Waals surface area contributed by atoms with Gasteiger partial charge in [0, 0.05) is 12.6 Å². The average Bonchev–Trinajstić information content (AvgIpc) is 2.29. The fourth-order valence-corrected chi connectivity index (χ4v) is 2.02. The monoisotopic (exact) mass is 224 g/mol. The van der Waals surface area contributed by atoms with Gasteiger partial charge in [0.1, 0.15) is 5.69 Å². The van der Waals surface area contributed by atoms with E-state index < -0.39 is 11.2 Å². The molecule has 16 heavy (non-hydrogen) atoms. The highest BCUT2D eigenvalue weighted by atomic mass is 19.1. The SMILES string of the molecule is O=[N+]([O-])c1ccccc1N1CCCCC1F. The molecule has 5 heteroatoms. The van der Waals surface area contributed by atoms with Crippen LogP contribution in [-0.4, -0.2) is 17.8 Å². The lowest BCUT2D eigenvalue weighted by Crippen LogP contribution is -2.36. The highest BCUT2D eigenvalue weighted by Crippen LogP contribution is 2.32. The van der Waals surface area contributed by atoms with Crippen LogP contribution in [0.5, 0.6) is 0 Å².